The summed E-state index contributed by atoms with van der Waals surface area (Å²) in [5.74, 6) is 0.864. The van der Waals surface area contributed by atoms with Crippen molar-refractivity contribution >= 4 is 11.0 Å². The van der Waals surface area contributed by atoms with Crippen LogP contribution in [0.3, 0.4) is 0 Å². The summed E-state index contributed by atoms with van der Waals surface area (Å²) in [5, 5.41) is 4.48. The van der Waals surface area contributed by atoms with Gasteiger partial charge >= 0.3 is 0 Å². The Hall–Kier alpha value is -2.20. The van der Waals surface area contributed by atoms with Crippen molar-refractivity contribution in [1.82, 2.24) is 15.3 Å². The van der Waals surface area contributed by atoms with Crippen LogP contribution in [-0.2, 0) is 0 Å². The molecule has 1 aromatic carbocycles. The Morgan fingerprint density at radius 1 is 1.26 bits per heavy atom. The van der Waals surface area contributed by atoms with Gasteiger partial charge in [0.1, 0.15) is 17.4 Å². The standard InChI is InChI=1S/C15H15N3O/c1-2-17-15(12-10-16-7-8-18-12)14-9-11-5-3-4-6-13(11)19-14/h3-10,15,17H,2H2,1H3. The zero-order chi connectivity index (χ0) is 13.1. The molecule has 19 heavy (non-hydrogen) atoms. The van der Waals surface area contributed by atoms with Gasteiger partial charge in [0.15, 0.2) is 0 Å². The molecule has 3 rings (SSSR count). The summed E-state index contributed by atoms with van der Waals surface area (Å²) >= 11 is 0. The van der Waals surface area contributed by atoms with E-state index in [1.807, 2.05) is 24.3 Å². The first-order valence-corrected chi connectivity index (χ1v) is 6.36. The van der Waals surface area contributed by atoms with Gasteiger partial charge in [0, 0.05) is 17.8 Å². The van der Waals surface area contributed by atoms with E-state index in [0.29, 0.717) is 0 Å². The van der Waals surface area contributed by atoms with E-state index < -0.39 is 0 Å². The van der Waals surface area contributed by atoms with Gasteiger partial charge < -0.3 is 9.73 Å². The van der Waals surface area contributed by atoms with Crippen LogP contribution in [0, 0.1) is 0 Å². The number of nitrogens with zero attached hydrogens (tertiary/aromatic N) is 2. The minimum atomic E-state index is -0.0638. The van der Waals surface area contributed by atoms with Crippen LogP contribution in [-0.4, -0.2) is 16.5 Å². The largest absolute Gasteiger partial charge is 0.459 e. The highest BCUT2D eigenvalue weighted by atomic mass is 16.3. The van der Waals surface area contributed by atoms with Crippen molar-refractivity contribution in [2.45, 2.75) is 13.0 Å². The van der Waals surface area contributed by atoms with Gasteiger partial charge in [0.25, 0.3) is 0 Å². The Labute approximate surface area is 111 Å². The van der Waals surface area contributed by atoms with Crippen LogP contribution in [0.1, 0.15) is 24.4 Å². The predicted octanol–water partition coefficient (Wildman–Crippen LogP) is 2.92. The normalized spacial score (nSPS) is 12.7. The van der Waals surface area contributed by atoms with Gasteiger partial charge in [-0.15, -0.1) is 0 Å². The quantitative estimate of drug-likeness (QED) is 0.776. The minimum absolute atomic E-state index is 0.0638. The van der Waals surface area contributed by atoms with Gasteiger partial charge in [0.2, 0.25) is 0 Å². The number of hydrogen-bond acceptors (Lipinski definition) is 4. The molecule has 0 spiro atoms. The maximum absolute atomic E-state index is 5.91. The molecule has 96 valence electrons. The van der Waals surface area contributed by atoms with Crippen molar-refractivity contribution in [1.29, 1.82) is 0 Å². The van der Waals surface area contributed by atoms with Crippen LogP contribution in [0.5, 0.6) is 0 Å². The van der Waals surface area contributed by atoms with Gasteiger partial charge in [-0.05, 0) is 18.7 Å². The molecule has 1 unspecified atom stereocenters. The Morgan fingerprint density at radius 2 is 2.16 bits per heavy atom. The monoisotopic (exact) mass is 253 g/mol. The molecule has 0 bridgehead atoms. The lowest BCUT2D eigenvalue weighted by molar-refractivity contribution is 0.470. The number of aromatic nitrogens is 2. The van der Waals surface area contributed by atoms with E-state index in [9.17, 15) is 0 Å². The van der Waals surface area contributed by atoms with Crippen LogP contribution in [0.25, 0.3) is 11.0 Å². The van der Waals surface area contributed by atoms with E-state index >= 15 is 0 Å². The summed E-state index contributed by atoms with van der Waals surface area (Å²) in [6.45, 7) is 2.89. The lowest BCUT2D eigenvalue weighted by Gasteiger charge is -2.13. The second-order valence-corrected chi connectivity index (χ2v) is 4.31. The van der Waals surface area contributed by atoms with Gasteiger partial charge in [-0.25, -0.2) is 0 Å². The molecule has 4 nitrogen and oxygen atoms in total. The second kappa shape index (κ2) is 5.20. The number of nitrogens with one attached hydrogen (secondary N) is 1. The summed E-state index contributed by atoms with van der Waals surface area (Å²) < 4.78 is 5.91. The van der Waals surface area contributed by atoms with E-state index in [4.69, 9.17) is 4.42 Å². The van der Waals surface area contributed by atoms with E-state index in [0.717, 1.165) is 29.0 Å². The molecule has 1 atom stereocenters. The Kier molecular flexibility index (Phi) is 3.25. The maximum atomic E-state index is 5.91. The zero-order valence-electron chi connectivity index (χ0n) is 10.7. The molecule has 3 aromatic rings. The third-order valence-electron chi connectivity index (χ3n) is 3.02. The molecule has 0 amide bonds. The lowest BCUT2D eigenvalue weighted by atomic mass is 10.1. The third-order valence-corrected chi connectivity index (χ3v) is 3.02. The van der Waals surface area contributed by atoms with Crippen molar-refractivity contribution in [2.24, 2.45) is 0 Å². The Bertz CT molecular complexity index is 630. The number of hydrogen-bond donors (Lipinski definition) is 1. The fourth-order valence-electron chi connectivity index (χ4n) is 2.16. The first-order valence-electron chi connectivity index (χ1n) is 6.36. The molecule has 2 aromatic heterocycles. The minimum Gasteiger partial charge on any atom is -0.459 e. The maximum Gasteiger partial charge on any atom is 0.134 e. The first-order chi connectivity index (χ1) is 9.38. The number of rotatable bonds is 4. The molecule has 1 N–H and O–H groups in total. The Morgan fingerprint density at radius 3 is 2.89 bits per heavy atom. The molecule has 0 saturated carbocycles. The van der Waals surface area contributed by atoms with Crippen molar-refractivity contribution in [2.75, 3.05) is 6.54 Å². The highest BCUT2D eigenvalue weighted by Gasteiger charge is 2.18. The summed E-state index contributed by atoms with van der Waals surface area (Å²) in [7, 11) is 0. The molecular formula is C15H15N3O. The van der Waals surface area contributed by atoms with E-state index in [-0.39, 0.29) is 6.04 Å². The van der Waals surface area contributed by atoms with Crippen molar-refractivity contribution in [3.05, 3.63) is 60.4 Å². The van der Waals surface area contributed by atoms with Gasteiger partial charge in [-0.1, -0.05) is 25.1 Å². The van der Waals surface area contributed by atoms with Gasteiger partial charge in [0.05, 0.1) is 11.9 Å². The average Bonchev–Trinajstić information content (AvgIpc) is 2.89. The molecule has 0 aliphatic heterocycles. The van der Waals surface area contributed by atoms with Gasteiger partial charge in [-0.2, -0.15) is 0 Å². The molecule has 0 saturated heterocycles. The van der Waals surface area contributed by atoms with Crippen LogP contribution in [0.4, 0.5) is 0 Å². The van der Waals surface area contributed by atoms with E-state index in [1.54, 1.807) is 18.6 Å². The van der Waals surface area contributed by atoms with Crippen molar-refractivity contribution in [3.63, 3.8) is 0 Å². The molecule has 2 heterocycles. The number of furan rings is 1. The summed E-state index contributed by atoms with van der Waals surface area (Å²) in [6.07, 6.45) is 5.13. The molecule has 0 radical (unpaired) electrons. The molecule has 0 aliphatic rings. The van der Waals surface area contributed by atoms with Crippen LogP contribution >= 0.6 is 0 Å². The fraction of sp³-hybridized carbons (Fsp3) is 0.200. The SMILES string of the molecule is CCNC(c1cnccn1)c1cc2ccccc2o1. The smallest absolute Gasteiger partial charge is 0.134 e. The van der Waals surface area contributed by atoms with Crippen LogP contribution in [0.2, 0.25) is 0 Å². The number of benzene rings is 1. The Balaban J connectivity index is 2.04. The fourth-order valence-corrected chi connectivity index (χ4v) is 2.16. The molecule has 0 aliphatic carbocycles. The summed E-state index contributed by atoms with van der Waals surface area (Å²) in [6, 6.07) is 9.98. The summed E-state index contributed by atoms with van der Waals surface area (Å²) in [4.78, 5) is 8.48. The highest BCUT2D eigenvalue weighted by molar-refractivity contribution is 5.77. The van der Waals surface area contributed by atoms with Crippen molar-refractivity contribution < 1.29 is 4.42 Å². The lowest BCUT2D eigenvalue weighted by Crippen LogP contribution is -2.22. The first kappa shape index (κ1) is 11.9. The third kappa shape index (κ3) is 2.35. The second-order valence-electron chi connectivity index (χ2n) is 4.31. The number of fused-ring (bicyclic) bond motifs is 1. The average molecular weight is 253 g/mol. The predicted molar refractivity (Wildman–Crippen MR) is 73.8 cm³/mol. The summed E-state index contributed by atoms with van der Waals surface area (Å²) in [5.41, 5.74) is 1.76. The van der Waals surface area contributed by atoms with E-state index in [1.165, 1.54) is 0 Å². The number of para-hydroxylation sites is 1. The zero-order valence-corrected chi connectivity index (χ0v) is 10.7. The van der Waals surface area contributed by atoms with Gasteiger partial charge in [-0.3, -0.25) is 9.97 Å². The van der Waals surface area contributed by atoms with Crippen LogP contribution < -0.4 is 5.32 Å². The molecule has 0 fully saturated rings. The van der Waals surface area contributed by atoms with Crippen LogP contribution in [0.15, 0.2) is 53.3 Å². The molecular weight excluding hydrogens is 238 g/mol. The topological polar surface area (TPSA) is 51.0 Å². The van der Waals surface area contributed by atoms with E-state index in [2.05, 4.69) is 28.3 Å². The molecule has 4 heteroatoms. The highest BCUT2D eigenvalue weighted by Crippen LogP contribution is 2.26. The van der Waals surface area contributed by atoms with Crippen molar-refractivity contribution in [3.8, 4) is 0 Å².